The highest BCUT2D eigenvalue weighted by atomic mass is 19.4. The lowest BCUT2D eigenvalue weighted by Crippen LogP contribution is -2.15. The van der Waals surface area contributed by atoms with Gasteiger partial charge in [-0.2, -0.15) is 13.2 Å². The predicted molar refractivity (Wildman–Crippen MR) is 62.0 cm³/mol. The number of nitrogens with zero attached hydrogens (tertiary/aromatic N) is 2. The molecular formula is C12H16F3N3. The van der Waals surface area contributed by atoms with Crippen LogP contribution >= 0.6 is 0 Å². The summed E-state index contributed by atoms with van der Waals surface area (Å²) in [5.74, 6) is 0.0356. The van der Waals surface area contributed by atoms with Gasteiger partial charge in [-0.3, -0.25) is 0 Å². The maximum Gasteiger partial charge on any atom is 0.433 e. The molecule has 0 saturated heterocycles. The first kappa shape index (κ1) is 13.1. The minimum atomic E-state index is -4.44. The average molecular weight is 259 g/mol. The molecule has 0 spiro atoms. The molecule has 0 bridgehead atoms. The molecule has 0 aromatic carbocycles. The summed E-state index contributed by atoms with van der Waals surface area (Å²) in [6.45, 7) is 8.27. The molecular weight excluding hydrogens is 243 g/mol. The summed E-state index contributed by atoms with van der Waals surface area (Å²) >= 11 is 0. The summed E-state index contributed by atoms with van der Waals surface area (Å²) < 4.78 is 37.5. The largest absolute Gasteiger partial charge is 0.433 e. The summed E-state index contributed by atoms with van der Waals surface area (Å²) in [5, 5.41) is 2.99. The lowest BCUT2D eigenvalue weighted by Gasteiger charge is -2.09. The standard InChI is InChI=1S/C12H16F3N3/c1-10(2)8(11(10,3)4)18-9-16-6-5-7(17-9)12(13,14)15/h5-6,8H,1-4H3,(H,16,17,18). The number of hydrogen-bond acceptors (Lipinski definition) is 3. The van der Waals surface area contributed by atoms with Crippen LogP contribution in [-0.4, -0.2) is 16.0 Å². The lowest BCUT2D eigenvalue weighted by molar-refractivity contribution is -0.141. The van der Waals surface area contributed by atoms with Crippen LogP contribution in [0.25, 0.3) is 0 Å². The third-order valence-corrected chi connectivity index (χ3v) is 4.24. The van der Waals surface area contributed by atoms with Crippen molar-refractivity contribution in [1.29, 1.82) is 0 Å². The van der Waals surface area contributed by atoms with Gasteiger partial charge in [0.05, 0.1) is 0 Å². The van der Waals surface area contributed by atoms with E-state index in [-0.39, 0.29) is 22.8 Å². The highest BCUT2D eigenvalue weighted by Crippen LogP contribution is 2.63. The SMILES string of the molecule is CC1(C)C(Nc2nccc(C(F)(F)F)n2)C1(C)C. The number of anilines is 1. The van der Waals surface area contributed by atoms with Crippen molar-refractivity contribution in [3.63, 3.8) is 0 Å². The Kier molecular flexibility index (Phi) is 2.61. The molecule has 18 heavy (non-hydrogen) atoms. The van der Waals surface area contributed by atoms with Gasteiger partial charge in [-0.25, -0.2) is 9.97 Å². The quantitative estimate of drug-likeness (QED) is 0.885. The van der Waals surface area contributed by atoms with E-state index in [1.807, 2.05) is 0 Å². The molecule has 1 aliphatic rings. The third-order valence-electron chi connectivity index (χ3n) is 4.24. The van der Waals surface area contributed by atoms with E-state index in [4.69, 9.17) is 0 Å². The van der Waals surface area contributed by atoms with E-state index in [0.29, 0.717) is 0 Å². The molecule has 0 atom stereocenters. The van der Waals surface area contributed by atoms with Gasteiger partial charge in [-0.15, -0.1) is 0 Å². The maximum atomic E-state index is 12.5. The Hall–Kier alpha value is -1.33. The first-order valence-electron chi connectivity index (χ1n) is 5.73. The molecule has 0 amide bonds. The molecule has 0 aliphatic heterocycles. The molecule has 1 heterocycles. The van der Waals surface area contributed by atoms with Gasteiger partial charge in [0.25, 0.3) is 0 Å². The van der Waals surface area contributed by atoms with Gasteiger partial charge >= 0.3 is 6.18 Å². The van der Waals surface area contributed by atoms with E-state index in [9.17, 15) is 13.2 Å². The highest BCUT2D eigenvalue weighted by molar-refractivity contribution is 5.36. The Morgan fingerprint density at radius 2 is 1.72 bits per heavy atom. The van der Waals surface area contributed by atoms with Gasteiger partial charge in [0.2, 0.25) is 5.95 Å². The zero-order valence-corrected chi connectivity index (χ0v) is 10.8. The van der Waals surface area contributed by atoms with Crippen LogP contribution in [0.3, 0.4) is 0 Å². The molecule has 0 radical (unpaired) electrons. The van der Waals surface area contributed by atoms with Gasteiger partial charge in [0.1, 0.15) is 5.69 Å². The fourth-order valence-corrected chi connectivity index (χ4v) is 2.27. The van der Waals surface area contributed by atoms with Gasteiger partial charge in [0.15, 0.2) is 0 Å². The van der Waals surface area contributed by atoms with Gasteiger partial charge in [0, 0.05) is 12.2 Å². The van der Waals surface area contributed by atoms with Crippen LogP contribution in [0.2, 0.25) is 0 Å². The van der Waals surface area contributed by atoms with Crippen LogP contribution in [0.15, 0.2) is 12.3 Å². The number of aromatic nitrogens is 2. The lowest BCUT2D eigenvalue weighted by atomic mass is 10.0. The zero-order valence-electron chi connectivity index (χ0n) is 10.8. The Morgan fingerprint density at radius 1 is 1.17 bits per heavy atom. The van der Waals surface area contributed by atoms with Crippen LogP contribution in [0.1, 0.15) is 33.4 Å². The number of nitrogens with one attached hydrogen (secondary N) is 1. The second kappa shape index (κ2) is 3.59. The van der Waals surface area contributed by atoms with Crippen molar-refractivity contribution in [2.24, 2.45) is 10.8 Å². The minimum absolute atomic E-state index is 0.0184. The number of halogens is 3. The van der Waals surface area contributed by atoms with Crippen molar-refractivity contribution in [1.82, 2.24) is 9.97 Å². The van der Waals surface area contributed by atoms with Crippen molar-refractivity contribution in [2.45, 2.75) is 39.9 Å². The van der Waals surface area contributed by atoms with Crippen LogP contribution in [0, 0.1) is 10.8 Å². The van der Waals surface area contributed by atoms with Crippen LogP contribution in [0.5, 0.6) is 0 Å². The van der Waals surface area contributed by atoms with Gasteiger partial charge in [-0.05, 0) is 16.9 Å². The Morgan fingerprint density at radius 3 is 2.17 bits per heavy atom. The van der Waals surface area contributed by atoms with E-state index in [2.05, 4.69) is 43.0 Å². The van der Waals surface area contributed by atoms with Crippen molar-refractivity contribution >= 4 is 5.95 Å². The zero-order chi connectivity index (χ0) is 13.8. The smallest absolute Gasteiger partial charge is 0.350 e. The normalized spacial score (nSPS) is 21.7. The molecule has 1 aliphatic carbocycles. The second-order valence-electron chi connectivity index (χ2n) is 5.78. The first-order chi connectivity index (χ1) is 8.07. The van der Waals surface area contributed by atoms with Crippen LogP contribution in [0.4, 0.5) is 19.1 Å². The Labute approximate surface area is 104 Å². The molecule has 1 aromatic heterocycles. The van der Waals surface area contributed by atoms with E-state index in [1.165, 1.54) is 0 Å². The summed E-state index contributed by atoms with van der Waals surface area (Å²) in [6, 6.07) is 0.947. The second-order valence-corrected chi connectivity index (χ2v) is 5.78. The van der Waals surface area contributed by atoms with Gasteiger partial charge in [-0.1, -0.05) is 27.7 Å². The summed E-state index contributed by atoms with van der Waals surface area (Å²) in [4.78, 5) is 7.35. The first-order valence-corrected chi connectivity index (χ1v) is 5.73. The summed E-state index contributed by atoms with van der Waals surface area (Å²) in [5.41, 5.74) is -0.883. The molecule has 3 nitrogen and oxygen atoms in total. The molecule has 1 aromatic rings. The molecule has 1 fully saturated rings. The van der Waals surface area contributed by atoms with E-state index in [1.54, 1.807) is 0 Å². The van der Waals surface area contributed by atoms with E-state index >= 15 is 0 Å². The fraction of sp³-hybridized carbons (Fsp3) is 0.667. The maximum absolute atomic E-state index is 12.5. The number of hydrogen-bond donors (Lipinski definition) is 1. The van der Waals surface area contributed by atoms with E-state index in [0.717, 1.165) is 12.3 Å². The number of alkyl halides is 3. The van der Waals surface area contributed by atoms with Crippen LogP contribution in [-0.2, 0) is 6.18 Å². The van der Waals surface area contributed by atoms with Crippen molar-refractivity contribution in [3.8, 4) is 0 Å². The topological polar surface area (TPSA) is 37.8 Å². The predicted octanol–water partition coefficient (Wildman–Crippen LogP) is 3.34. The number of rotatable bonds is 2. The molecule has 1 saturated carbocycles. The highest BCUT2D eigenvalue weighted by Gasteiger charge is 2.65. The van der Waals surface area contributed by atoms with Crippen LogP contribution < -0.4 is 5.32 Å². The monoisotopic (exact) mass is 259 g/mol. The Balaban J connectivity index is 2.18. The van der Waals surface area contributed by atoms with Gasteiger partial charge < -0.3 is 5.32 Å². The molecule has 0 unspecified atom stereocenters. The molecule has 2 rings (SSSR count). The molecule has 100 valence electrons. The average Bonchev–Trinajstić information content (AvgIpc) is 2.60. The summed E-state index contributed by atoms with van der Waals surface area (Å²) in [7, 11) is 0. The molecule has 1 N–H and O–H groups in total. The van der Waals surface area contributed by atoms with E-state index < -0.39 is 11.9 Å². The minimum Gasteiger partial charge on any atom is -0.350 e. The summed E-state index contributed by atoms with van der Waals surface area (Å²) in [6.07, 6.45) is -3.31. The van der Waals surface area contributed by atoms with Crippen molar-refractivity contribution in [3.05, 3.63) is 18.0 Å². The molecule has 6 heteroatoms. The van der Waals surface area contributed by atoms with Crippen molar-refractivity contribution in [2.75, 3.05) is 5.32 Å². The van der Waals surface area contributed by atoms with Crippen molar-refractivity contribution < 1.29 is 13.2 Å². The Bertz CT molecular complexity index is 452. The third kappa shape index (κ3) is 1.93. The fourth-order valence-electron chi connectivity index (χ4n) is 2.27.